The van der Waals surface area contributed by atoms with Crippen LogP contribution in [0, 0.1) is 6.92 Å². The molecule has 0 radical (unpaired) electrons. The minimum absolute atomic E-state index is 0.284. The van der Waals surface area contributed by atoms with E-state index in [-0.39, 0.29) is 6.04 Å². The van der Waals surface area contributed by atoms with Gasteiger partial charge in [-0.3, -0.25) is 0 Å². The largest absolute Gasteiger partial charge is 0.338 e. The Morgan fingerprint density at radius 2 is 2.00 bits per heavy atom. The van der Waals surface area contributed by atoms with Crippen LogP contribution in [0.5, 0.6) is 0 Å². The van der Waals surface area contributed by atoms with Crippen molar-refractivity contribution >= 4 is 37.8 Å². The maximum atomic E-state index is 4.93. The van der Waals surface area contributed by atoms with Crippen molar-refractivity contribution < 1.29 is 0 Å². The van der Waals surface area contributed by atoms with E-state index in [2.05, 4.69) is 52.8 Å². The Kier molecular flexibility index (Phi) is 3.15. The molecule has 1 aliphatic rings. The summed E-state index contributed by atoms with van der Waals surface area (Å²) in [6, 6.07) is 8.63. The molecule has 1 atom stereocenters. The number of hydrogen-bond donors (Lipinski definition) is 0. The highest BCUT2D eigenvalue weighted by Gasteiger charge is 2.32. The van der Waals surface area contributed by atoms with Crippen LogP contribution in [0.15, 0.2) is 24.3 Å². The van der Waals surface area contributed by atoms with Crippen molar-refractivity contribution in [2.24, 2.45) is 14.1 Å². The molecule has 4 aromatic rings. The SMILES string of the molecule is Cc1nn(C)c2nc(N3CCCC3c3nc4ccccc4n3C)sc12. The third-order valence-corrected chi connectivity index (χ3v) is 6.34. The summed E-state index contributed by atoms with van der Waals surface area (Å²) >= 11 is 1.75. The maximum Gasteiger partial charge on any atom is 0.188 e. The lowest BCUT2D eigenvalue weighted by molar-refractivity contribution is 0.637. The highest BCUT2D eigenvalue weighted by atomic mass is 32.1. The van der Waals surface area contributed by atoms with Crippen LogP contribution in [0.2, 0.25) is 0 Å². The lowest BCUT2D eigenvalue weighted by Crippen LogP contribution is -2.24. The van der Waals surface area contributed by atoms with Gasteiger partial charge in [0.2, 0.25) is 0 Å². The Balaban J connectivity index is 1.60. The summed E-state index contributed by atoms with van der Waals surface area (Å²) in [6.45, 7) is 3.08. The smallest absolute Gasteiger partial charge is 0.188 e. The highest BCUT2D eigenvalue weighted by Crippen LogP contribution is 2.40. The summed E-state index contributed by atoms with van der Waals surface area (Å²) in [6.07, 6.45) is 2.28. The quantitative estimate of drug-likeness (QED) is 0.553. The van der Waals surface area contributed by atoms with Crippen molar-refractivity contribution in [3.05, 3.63) is 35.8 Å². The van der Waals surface area contributed by atoms with Crippen LogP contribution < -0.4 is 4.90 Å². The normalized spacial score (nSPS) is 18.0. The van der Waals surface area contributed by atoms with Gasteiger partial charge in [-0.05, 0) is 31.9 Å². The molecule has 5 rings (SSSR count). The Hall–Kier alpha value is -2.41. The first kappa shape index (κ1) is 14.9. The number of aromatic nitrogens is 5. The second-order valence-corrected chi connectivity index (χ2v) is 7.70. The van der Waals surface area contributed by atoms with Gasteiger partial charge in [0.15, 0.2) is 10.8 Å². The minimum Gasteiger partial charge on any atom is -0.338 e. The minimum atomic E-state index is 0.284. The predicted molar refractivity (Wildman–Crippen MR) is 101 cm³/mol. The van der Waals surface area contributed by atoms with Crippen molar-refractivity contribution in [3.8, 4) is 0 Å². The Morgan fingerprint density at radius 1 is 1.16 bits per heavy atom. The number of anilines is 1. The van der Waals surface area contributed by atoms with Crippen molar-refractivity contribution in [1.82, 2.24) is 24.3 Å². The summed E-state index contributed by atoms with van der Waals surface area (Å²) < 4.78 is 5.30. The molecule has 0 aliphatic carbocycles. The van der Waals surface area contributed by atoms with E-state index in [0.29, 0.717) is 0 Å². The molecule has 1 aromatic carbocycles. The molecule has 0 spiro atoms. The molecule has 1 saturated heterocycles. The number of hydrogen-bond acceptors (Lipinski definition) is 5. The molecule has 0 N–H and O–H groups in total. The van der Waals surface area contributed by atoms with Gasteiger partial charge in [-0.2, -0.15) is 5.10 Å². The van der Waals surface area contributed by atoms with E-state index in [1.807, 2.05) is 11.7 Å². The molecule has 3 aromatic heterocycles. The summed E-state index contributed by atoms with van der Waals surface area (Å²) in [7, 11) is 4.08. The molecule has 4 heterocycles. The molecule has 6 nitrogen and oxygen atoms in total. The average molecular weight is 352 g/mol. The standard InChI is InChI=1S/C18H20N6S/c1-11-15-17(23(3)21-11)20-18(25-15)24-10-6-9-14(24)16-19-12-7-4-5-8-13(12)22(16)2/h4-5,7-8,14H,6,9-10H2,1-3H3. The second-order valence-electron chi connectivity index (χ2n) is 6.73. The molecule has 0 bridgehead atoms. The fourth-order valence-corrected chi connectivity index (χ4v) is 5.03. The summed E-state index contributed by atoms with van der Waals surface area (Å²) in [4.78, 5) is 12.2. The van der Waals surface area contributed by atoms with E-state index in [1.165, 1.54) is 16.6 Å². The van der Waals surface area contributed by atoms with Crippen molar-refractivity contribution in [1.29, 1.82) is 0 Å². The van der Waals surface area contributed by atoms with Crippen LogP contribution in [0.25, 0.3) is 21.4 Å². The zero-order chi connectivity index (χ0) is 17.1. The Bertz CT molecular complexity index is 1050. The Labute approximate surface area is 149 Å². The van der Waals surface area contributed by atoms with Crippen LogP contribution >= 0.6 is 11.3 Å². The molecule has 128 valence electrons. The fraction of sp³-hybridized carbons (Fsp3) is 0.389. The van der Waals surface area contributed by atoms with Crippen LogP contribution in [0.4, 0.5) is 5.13 Å². The van der Waals surface area contributed by atoms with Crippen molar-refractivity contribution in [2.75, 3.05) is 11.4 Å². The first-order valence-electron chi connectivity index (χ1n) is 8.61. The van der Waals surface area contributed by atoms with Gasteiger partial charge in [-0.25, -0.2) is 14.6 Å². The van der Waals surface area contributed by atoms with Gasteiger partial charge in [0.1, 0.15) is 5.82 Å². The van der Waals surface area contributed by atoms with Crippen LogP contribution in [-0.4, -0.2) is 30.9 Å². The van der Waals surface area contributed by atoms with E-state index < -0.39 is 0 Å². The van der Waals surface area contributed by atoms with Crippen LogP contribution in [0.1, 0.15) is 30.4 Å². The maximum absolute atomic E-state index is 4.93. The molecule has 1 aliphatic heterocycles. The molecule has 1 fully saturated rings. The molecule has 0 amide bonds. The van der Waals surface area contributed by atoms with Gasteiger partial charge in [0.25, 0.3) is 0 Å². The lowest BCUT2D eigenvalue weighted by Gasteiger charge is -2.23. The van der Waals surface area contributed by atoms with Gasteiger partial charge in [0.05, 0.1) is 27.5 Å². The van der Waals surface area contributed by atoms with Gasteiger partial charge in [-0.15, -0.1) is 0 Å². The topological polar surface area (TPSA) is 51.8 Å². The highest BCUT2D eigenvalue weighted by molar-refractivity contribution is 7.22. The number of nitrogens with zero attached hydrogens (tertiary/aromatic N) is 6. The van der Waals surface area contributed by atoms with Gasteiger partial charge < -0.3 is 9.47 Å². The van der Waals surface area contributed by atoms with Gasteiger partial charge in [0, 0.05) is 20.6 Å². The predicted octanol–water partition coefficient (Wildman–Crippen LogP) is 3.57. The van der Waals surface area contributed by atoms with Gasteiger partial charge in [-0.1, -0.05) is 23.5 Å². The first-order chi connectivity index (χ1) is 12.1. The molecular weight excluding hydrogens is 332 g/mol. The van der Waals surface area contributed by atoms with E-state index in [9.17, 15) is 0 Å². The number of rotatable bonds is 2. The summed E-state index contributed by atoms with van der Waals surface area (Å²) in [5, 5.41) is 5.55. The summed E-state index contributed by atoms with van der Waals surface area (Å²) in [5.41, 5.74) is 4.29. The fourth-order valence-electron chi connectivity index (χ4n) is 3.92. The zero-order valence-corrected chi connectivity index (χ0v) is 15.4. The van der Waals surface area contributed by atoms with E-state index in [4.69, 9.17) is 9.97 Å². The number of fused-ring (bicyclic) bond motifs is 2. The number of aryl methyl sites for hydroxylation is 3. The number of imidazole rings is 1. The van der Waals surface area contributed by atoms with E-state index in [1.54, 1.807) is 11.3 Å². The number of para-hydroxylation sites is 2. The zero-order valence-electron chi connectivity index (χ0n) is 14.6. The summed E-state index contributed by atoms with van der Waals surface area (Å²) in [5.74, 6) is 1.13. The van der Waals surface area contributed by atoms with E-state index >= 15 is 0 Å². The lowest BCUT2D eigenvalue weighted by atomic mass is 10.2. The number of benzene rings is 1. The van der Waals surface area contributed by atoms with Gasteiger partial charge >= 0.3 is 0 Å². The third-order valence-electron chi connectivity index (χ3n) is 5.15. The van der Waals surface area contributed by atoms with Crippen LogP contribution in [0.3, 0.4) is 0 Å². The molecule has 1 unspecified atom stereocenters. The monoisotopic (exact) mass is 352 g/mol. The van der Waals surface area contributed by atoms with Crippen LogP contribution in [-0.2, 0) is 14.1 Å². The van der Waals surface area contributed by atoms with Crippen molar-refractivity contribution in [2.45, 2.75) is 25.8 Å². The first-order valence-corrected chi connectivity index (χ1v) is 9.43. The average Bonchev–Trinajstić information content (AvgIpc) is 3.34. The molecule has 7 heteroatoms. The molecule has 25 heavy (non-hydrogen) atoms. The van der Waals surface area contributed by atoms with E-state index in [0.717, 1.165) is 40.8 Å². The molecular formula is C18H20N6S. The number of thiazole rings is 1. The molecule has 0 saturated carbocycles. The van der Waals surface area contributed by atoms with Crippen molar-refractivity contribution in [3.63, 3.8) is 0 Å². The Morgan fingerprint density at radius 3 is 2.80 bits per heavy atom. The third kappa shape index (κ3) is 2.12. The second kappa shape index (κ2) is 5.29.